The van der Waals surface area contributed by atoms with Gasteiger partial charge in [-0.2, -0.15) is 10.1 Å². The van der Waals surface area contributed by atoms with Gasteiger partial charge in [0.15, 0.2) is 5.82 Å². The Bertz CT molecular complexity index is 885. The summed E-state index contributed by atoms with van der Waals surface area (Å²) in [5.74, 6) is 4.06. The number of anilines is 3. The molecule has 2 N–H and O–H groups in total. The van der Waals surface area contributed by atoms with E-state index in [-0.39, 0.29) is 6.09 Å². The van der Waals surface area contributed by atoms with Crippen LogP contribution in [-0.4, -0.2) is 63.9 Å². The normalized spacial score (nSPS) is 19.4. The zero-order chi connectivity index (χ0) is 20.5. The van der Waals surface area contributed by atoms with Crippen molar-refractivity contribution in [3.8, 4) is 0 Å². The average molecular weight is 412 g/mol. The molecule has 0 atom stereocenters. The predicted molar refractivity (Wildman–Crippen MR) is 113 cm³/mol. The molecule has 3 fully saturated rings. The number of likely N-dealkylation sites (tertiary alicyclic amines) is 1. The summed E-state index contributed by atoms with van der Waals surface area (Å²) < 4.78 is 5.28. The van der Waals surface area contributed by atoms with Crippen LogP contribution in [0.1, 0.15) is 44.2 Å². The Hall–Kier alpha value is -2.84. The van der Waals surface area contributed by atoms with E-state index in [0.29, 0.717) is 24.4 Å². The Labute approximate surface area is 176 Å². The van der Waals surface area contributed by atoms with Crippen molar-refractivity contribution in [3.63, 3.8) is 0 Å². The number of amides is 1. The van der Waals surface area contributed by atoms with Crippen LogP contribution < -0.4 is 10.2 Å². The van der Waals surface area contributed by atoms with Crippen LogP contribution in [0.5, 0.6) is 0 Å². The maximum Gasteiger partial charge on any atom is 0.409 e. The summed E-state index contributed by atoms with van der Waals surface area (Å²) >= 11 is 0. The fourth-order valence-electron chi connectivity index (χ4n) is 4.03. The number of nitrogens with one attached hydrogen (secondary N) is 2. The Morgan fingerprint density at radius 3 is 2.80 bits per heavy atom. The second kappa shape index (κ2) is 8.12. The first kappa shape index (κ1) is 19.1. The molecule has 2 aromatic rings. The first-order valence-corrected chi connectivity index (χ1v) is 11.0. The largest absolute Gasteiger partial charge is 0.449 e. The van der Waals surface area contributed by atoms with E-state index in [9.17, 15) is 4.79 Å². The van der Waals surface area contributed by atoms with Crippen LogP contribution in [0.4, 0.5) is 22.4 Å². The summed E-state index contributed by atoms with van der Waals surface area (Å²) in [6.07, 6.45) is 6.07. The van der Waals surface area contributed by atoms with E-state index in [1.54, 1.807) is 6.20 Å². The van der Waals surface area contributed by atoms with Crippen molar-refractivity contribution in [3.05, 3.63) is 24.0 Å². The molecule has 5 rings (SSSR count). The fraction of sp³-hybridized carbons (Fsp3) is 0.619. The Morgan fingerprint density at radius 2 is 2.03 bits per heavy atom. The number of aromatic nitrogens is 4. The summed E-state index contributed by atoms with van der Waals surface area (Å²) in [5.41, 5.74) is 1.20. The molecule has 0 aromatic carbocycles. The van der Waals surface area contributed by atoms with E-state index in [4.69, 9.17) is 4.74 Å². The van der Waals surface area contributed by atoms with Gasteiger partial charge in [0.2, 0.25) is 5.95 Å². The molecule has 2 aliphatic heterocycles. The molecule has 4 heterocycles. The number of hydrogen-bond acceptors (Lipinski definition) is 7. The standard InChI is InChI=1S/C21H29N7O2/c1-2-3-8-30-21(29)28-12-16(13-28)15-10-27(11-15)20-22-7-6-18(24-20)23-19-9-17(25-26-19)14-4-5-14/h6-7,9,14-16H,2-5,8,10-13H2,1H3,(H2,22,23,24,25,26). The molecule has 2 saturated heterocycles. The molecule has 0 unspecified atom stereocenters. The number of hydrogen-bond donors (Lipinski definition) is 2. The molecule has 0 radical (unpaired) electrons. The number of rotatable bonds is 8. The molecule has 3 aliphatic rings. The van der Waals surface area contributed by atoms with E-state index in [1.807, 2.05) is 11.0 Å². The van der Waals surface area contributed by atoms with Crippen molar-refractivity contribution in [1.29, 1.82) is 0 Å². The Kier molecular flexibility index (Phi) is 5.18. The molecule has 9 heteroatoms. The lowest BCUT2D eigenvalue weighted by Gasteiger charge is -2.50. The molecule has 9 nitrogen and oxygen atoms in total. The first-order valence-electron chi connectivity index (χ1n) is 11.0. The first-order chi connectivity index (χ1) is 14.7. The highest BCUT2D eigenvalue weighted by atomic mass is 16.6. The van der Waals surface area contributed by atoms with Crippen molar-refractivity contribution in [2.24, 2.45) is 11.8 Å². The molecule has 1 amide bonds. The summed E-state index contributed by atoms with van der Waals surface area (Å²) in [6.45, 7) is 6.08. The zero-order valence-electron chi connectivity index (χ0n) is 17.4. The Morgan fingerprint density at radius 1 is 1.23 bits per heavy atom. The molecular weight excluding hydrogens is 382 g/mol. The minimum Gasteiger partial charge on any atom is -0.449 e. The van der Waals surface area contributed by atoms with E-state index >= 15 is 0 Å². The maximum atomic E-state index is 11.9. The second-order valence-corrected chi connectivity index (χ2v) is 8.65. The third kappa shape index (κ3) is 4.06. The van der Waals surface area contributed by atoms with Gasteiger partial charge in [0.25, 0.3) is 0 Å². The number of ether oxygens (including phenoxy) is 1. The predicted octanol–water partition coefficient (Wildman–Crippen LogP) is 3.13. The lowest BCUT2D eigenvalue weighted by molar-refractivity contribution is 0.0273. The number of H-pyrrole nitrogens is 1. The quantitative estimate of drug-likeness (QED) is 0.644. The van der Waals surface area contributed by atoms with Crippen molar-refractivity contribution in [1.82, 2.24) is 25.1 Å². The molecule has 1 saturated carbocycles. The highest BCUT2D eigenvalue weighted by Gasteiger charge is 2.42. The summed E-state index contributed by atoms with van der Waals surface area (Å²) in [6, 6.07) is 3.93. The van der Waals surface area contributed by atoms with Crippen LogP contribution in [0, 0.1) is 11.8 Å². The van der Waals surface area contributed by atoms with Gasteiger partial charge in [0.05, 0.1) is 6.61 Å². The third-order valence-corrected chi connectivity index (χ3v) is 6.26. The van der Waals surface area contributed by atoms with Crippen molar-refractivity contribution < 1.29 is 9.53 Å². The van der Waals surface area contributed by atoms with Gasteiger partial charge in [0, 0.05) is 61.9 Å². The number of unbranched alkanes of at least 4 members (excludes halogenated alkanes) is 1. The molecule has 1 aliphatic carbocycles. The highest BCUT2D eigenvalue weighted by Crippen LogP contribution is 2.39. The van der Waals surface area contributed by atoms with Crippen molar-refractivity contribution in [2.45, 2.75) is 38.5 Å². The monoisotopic (exact) mass is 411 g/mol. The molecular formula is C21H29N7O2. The van der Waals surface area contributed by atoms with Gasteiger partial charge >= 0.3 is 6.09 Å². The summed E-state index contributed by atoms with van der Waals surface area (Å²) in [7, 11) is 0. The van der Waals surface area contributed by atoms with Crippen LogP contribution >= 0.6 is 0 Å². The van der Waals surface area contributed by atoms with Gasteiger partial charge in [-0.3, -0.25) is 5.10 Å². The summed E-state index contributed by atoms with van der Waals surface area (Å²) in [4.78, 5) is 25.0. The van der Waals surface area contributed by atoms with Gasteiger partial charge in [-0.1, -0.05) is 13.3 Å². The van der Waals surface area contributed by atoms with E-state index in [2.05, 4.69) is 43.4 Å². The number of nitrogens with zero attached hydrogens (tertiary/aromatic N) is 5. The second-order valence-electron chi connectivity index (χ2n) is 8.65. The van der Waals surface area contributed by atoms with Gasteiger partial charge in [0.1, 0.15) is 5.82 Å². The van der Waals surface area contributed by atoms with Crippen LogP contribution in [0.2, 0.25) is 0 Å². The lowest BCUT2D eigenvalue weighted by Crippen LogP contribution is -2.61. The molecule has 160 valence electrons. The van der Waals surface area contributed by atoms with Gasteiger partial charge < -0.3 is 19.9 Å². The van der Waals surface area contributed by atoms with E-state index < -0.39 is 0 Å². The minimum atomic E-state index is -0.166. The number of aromatic amines is 1. The van der Waals surface area contributed by atoms with Crippen LogP contribution in [0.25, 0.3) is 0 Å². The minimum absolute atomic E-state index is 0.166. The Balaban J connectivity index is 1.08. The van der Waals surface area contributed by atoms with Crippen molar-refractivity contribution >= 4 is 23.7 Å². The SMILES string of the molecule is CCCCOC(=O)N1CC(C2CN(c3nccc(Nc4cc(C5CC5)[nH]n4)n3)C2)C1. The van der Waals surface area contributed by atoms with Gasteiger partial charge in [-0.15, -0.1) is 0 Å². The fourth-order valence-corrected chi connectivity index (χ4v) is 4.03. The number of carbonyl (C=O) groups is 1. The van der Waals surface area contributed by atoms with Crippen LogP contribution in [0.3, 0.4) is 0 Å². The van der Waals surface area contributed by atoms with Gasteiger partial charge in [-0.25, -0.2) is 9.78 Å². The number of carbonyl (C=O) groups excluding carboxylic acids is 1. The van der Waals surface area contributed by atoms with E-state index in [1.165, 1.54) is 18.5 Å². The summed E-state index contributed by atoms with van der Waals surface area (Å²) in [5, 5.41) is 10.7. The zero-order valence-corrected chi connectivity index (χ0v) is 17.4. The van der Waals surface area contributed by atoms with Crippen LogP contribution in [0.15, 0.2) is 18.3 Å². The molecule has 2 aromatic heterocycles. The lowest BCUT2D eigenvalue weighted by atomic mass is 9.81. The third-order valence-electron chi connectivity index (χ3n) is 6.26. The van der Waals surface area contributed by atoms with Gasteiger partial charge in [-0.05, 0) is 25.3 Å². The highest BCUT2D eigenvalue weighted by molar-refractivity contribution is 5.68. The molecule has 30 heavy (non-hydrogen) atoms. The smallest absolute Gasteiger partial charge is 0.409 e. The topological polar surface area (TPSA) is 99.3 Å². The maximum absolute atomic E-state index is 11.9. The van der Waals surface area contributed by atoms with Crippen LogP contribution in [-0.2, 0) is 4.74 Å². The molecule has 0 bridgehead atoms. The average Bonchev–Trinajstić information content (AvgIpc) is 3.42. The van der Waals surface area contributed by atoms with E-state index in [0.717, 1.165) is 56.6 Å². The van der Waals surface area contributed by atoms with Crippen molar-refractivity contribution in [2.75, 3.05) is 43.0 Å². The molecule has 0 spiro atoms.